The van der Waals surface area contributed by atoms with E-state index in [9.17, 15) is 13.2 Å². The van der Waals surface area contributed by atoms with Crippen LogP contribution in [0.3, 0.4) is 0 Å². The molecular weight excluding hydrogens is 404 g/mol. The second kappa shape index (κ2) is 7.00. The summed E-state index contributed by atoms with van der Waals surface area (Å²) in [6.07, 6.45) is 0. The number of hydrogen-bond acceptors (Lipinski definition) is 3. The summed E-state index contributed by atoms with van der Waals surface area (Å²) in [5.41, 5.74) is 1.57. The fraction of sp³-hybridized carbons (Fsp3) is 0.133. The van der Waals surface area contributed by atoms with E-state index < -0.39 is 15.9 Å². The van der Waals surface area contributed by atoms with Gasteiger partial charge in [-0.05, 0) is 55.9 Å². The minimum absolute atomic E-state index is 0.0259. The number of hydrogen-bond donors (Lipinski definition) is 2. The lowest BCUT2D eigenvalue weighted by atomic mass is 10.1. The number of anilines is 1. The molecule has 0 aromatic heterocycles. The van der Waals surface area contributed by atoms with Crippen LogP contribution in [0.4, 0.5) is 5.69 Å². The minimum Gasteiger partial charge on any atom is -0.322 e. The van der Waals surface area contributed by atoms with Crippen LogP contribution in [0.15, 0.2) is 45.8 Å². The number of carbonyl (C=O) groups excluding carboxylic acids is 1. The summed E-state index contributed by atoms with van der Waals surface area (Å²) in [6, 6.07) is 9.38. The number of sulfonamides is 1. The quantitative estimate of drug-likeness (QED) is 0.798. The van der Waals surface area contributed by atoms with Crippen molar-refractivity contribution in [3.63, 3.8) is 0 Å². The molecule has 1 amide bonds. The van der Waals surface area contributed by atoms with Gasteiger partial charge in [-0.1, -0.05) is 27.5 Å². The second-order valence-corrected chi connectivity index (χ2v) is 7.97. The molecule has 122 valence electrons. The largest absolute Gasteiger partial charge is 0.322 e. The molecule has 0 unspecified atom stereocenters. The standard InChI is InChI=1S/C15H14BrClN2O3S/c1-9-7-10(16)3-6-14(9)19-15(20)12-8-11(4-5-13(12)17)23(21,22)18-2/h3-8,18H,1-2H3,(H,19,20). The highest BCUT2D eigenvalue weighted by molar-refractivity contribution is 9.10. The Morgan fingerprint density at radius 1 is 1.17 bits per heavy atom. The van der Waals surface area contributed by atoms with Crippen LogP contribution >= 0.6 is 27.5 Å². The van der Waals surface area contributed by atoms with Crippen molar-refractivity contribution >= 4 is 49.1 Å². The van der Waals surface area contributed by atoms with Gasteiger partial charge in [0.2, 0.25) is 10.0 Å². The van der Waals surface area contributed by atoms with Gasteiger partial charge in [0.15, 0.2) is 0 Å². The fourth-order valence-electron chi connectivity index (χ4n) is 1.92. The highest BCUT2D eigenvalue weighted by Gasteiger charge is 2.18. The molecule has 0 aliphatic rings. The van der Waals surface area contributed by atoms with Gasteiger partial charge in [-0.3, -0.25) is 4.79 Å². The summed E-state index contributed by atoms with van der Waals surface area (Å²) in [6.45, 7) is 1.85. The molecule has 0 spiro atoms. The van der Waals surface area contributed by atoms with E-state index >= 15 is 0 Å². The third kappa shape index (κ3) is 4.11. The summed E-state index contributed by atoms with van der Waals surface area (Å²) < 4.78 is 26.8. The van der Waals surface area contributed by atoms with Gasteiger partial charge in [0.1, 0.15) is 0 Å². The Hall–Kier alpha value is -1.41. The van der Waals surface area contributed by atoms with Gasteiger partial charge >= 0.3 is 0 Å². The average Bonchev–Trinajstić information content (AvgIpc) is 2.50. The first-order chi connectivity index (χ1) is 10.7. The van der Waals surface area contributed by atoms with Gasteiger partial charge in [0.25, 0.3) is 5.91 Å². The fourth-order valence-corrected chi connectivity index (χ4v) is 3.36. The van der Waals surface area contributed by atoms with Gasteiger partial charge < -0.3 is 5.32 Å². The Kier molecular flexibility index (Phi) is 5.46. The van der Waals surface area contributed by atoms with Crippen LogP contribution in [-0.4, -0.2) is 21.4 Å². The molecular formula is C15H14BrClN2O3S. The molecule has 0 radical (unpaired) electrons. The summed E-state index contributed by atoms with van der Waals surface area (Å²) in [5.74, 6) is -0.478. The molecule has 0 aliphatic carbocycles. The van der Waals surface area contributed by atoms with Gasteiger partial charge in [0.05, 0.1) is 15.5 Å². The van der Waals surface area contributed by atoms with E-state index in [0.29, 0.717) is 5.69 Å². The number of amides is 1. The Labute approximate surface area is 148 Å². The van der Waals surface area contributed by atoms with Crippen LogP contribution < -0.4 is 10.0 Å². The van der Waals surface area contributed by atoms with Crippen LogP contribution in [0.1, 0.15) is 15.9 Å². The summed E-state index contributed by atoms with van der Waals surface area (Å²) >= 11 is 9.38. The monoisotopic (exact) mass is 416 g/mol. The Morgan fingerprint density at radius 2 is 1.87 bits per heavy atom. The summed E-state index contributed by atoms with van der Waals surface area (Å²) in [4.78, 5) is 12.4. The number of nitrogens with one attached hydrogen (secondary N) is 2. The molecule has 0 fully saturated rings. The second-order valence-electron chi connectivity index (χ2n) is 4.76. The molecule has 8 heteroatoms. The number of aryl methyl sites for hydroxylation is 1. The predicted molar refractivity (Wildman–Crippen MR) is 94.5 cm³/mol. The molecule has 5 nitrogen and oxygen atoms in total. The van der Waals surface area contributed by atoms with Crippen molar-refractivity contribution in [2.24, 2.45) is 0 Å². The zero-order valence-corrected chi connectivity index (χ0v) is 15.5. The predicted octanol–water partition coefficient (Wildman–Crippen LogP) is 3.57. The van der Waals surface area contributed by atoms with Crippen molar-refractivity contribution in [1.82, 2.24) is 4.72 Å². The first kappa shape index (κ1) is 17.9. The molecule has 0 saturated carbocycles. The molecule has 0 bridgehead atoms. The number of halogens is 2. The molecule has 23 heavy (non-hydrogen) atoms. The van der Waals surface area contributed by atoms with Crippen molar-refractivity contribution in [2.75, 3.05) is 12.4 Å². The van der Waals surface area contributed by atoms with Crippen LogP contribution in [0, 0.1) is 6.92 Å². The van der Waals surface area contributed by atoms with E-state index in [1.54, 1.807) is 12.1 Å². The maximum atomic E-state index is 12.4. The van der Waals surface area contributed by atoms with Crippen molar-refractivity contribution in [1.29, 1.82) is 0 Å². The lowest BCUT2D eigenvalue weighted by molar-refractivity contribution is 0.102. The van der Waals surface area contributed by atoms with Gasteiger partial charge in [0, 0.05) is 10.2 Å². The van der Waals surface area contributed by atoms with E-state index in [1.807, 2.05) is 13.0 Å². The summed E-state index contributed by atoms with van der Waals surface area (Å²) in [7, 11) is -2.35. The summed E-state index contributed by atoms with van der Waals surface area (Å²) in [5, 5.41) is 2.91. The number of rotatable bonds is 4. The van der Waals surface area contributed by atoms with Gasteiger partial charge in [-0.15, -0.1) is 0 Å². The Bertz CT molecular complexity index is 869. The normalized spacial score (nSPS) is 11.3. The highest BCUT2D eigenvalue weighted by atomic mass is 79.9. The first-order valence-electron chi connectivity index (χ1n) is 6.55. The van der Waals surface area contributed by atoms with E-state index in [4.69, 9.17) is 11.6 Å². The zero-order chi connectivity index (χ0) is 17.2. The minimum atomic E-state index is -3.65. The number of carbonyl (C=O) groups is 1. The van der Waals surface area contributed by atoms with E-state index in [1.165, 1.54) is 25.2 Å². The zero-order valence-electron chi connectivity index (χ0n) is 12.4. The van der Waals surface area contributed by atoms with Crippen molar-refractivity contribution < 1.29 is 13.2 Å². The van der Waals surface area contributed by atoms with Crippen LogP contribution in [0.2, 0.25) is 5.02 Å². The molecule has 0 atom stereocenters. The highest BCUT2D eigenvalue weighted by Crippen LogP contribution is 2.24. The van der Waals surface area contributed by atoms with E-state index in [0.717, 1.165) is 10.0 Å². The van der Waals surface area contributed by atoms with Crippen molar-refractivity contribution in [3.05, 3.63) is 57.0 Å². The average molecular weight is 418 g/mol. The lowest BCUT2D eigenvalue weighted by Crippen LogP contribution is -2.20. The van der Waals surface area contributed by atoms with E-state index in [2.05, 4.69) is 26.0 Å². The Morgan fingerprint density at radius 3 is 2.48 bits per heavy atom. The third-order valence-corrected chi connectivity index (χ3v) is 5.43. The molecule has 0 saturated heterocycles. The van der Waals surface area contributed by atoms with Crippen LogP contribution in [0.25, 0.3) is 0 Å². The topological polar surface area (TPSA) is 75.3 Å². The van der Waals surface area contributed by atoms with Crippen molar-refractivity contribution in [3.8, 4) is 0 Å². The Balaban J connectivity index is 2.37. The lowest BCUT2D eigenvalue weighted by Gasteiger charge is -2.11. The molecule has 0 aliphatic heterocycles. The molecule has 2 aromatic rings. The third-order valence-electron chi connectivity index (χ3n) is 3.20. The molecule has 0 heterocycles. The molecule has 2 rings (SSSR count). The first-order valence-corrected chi connectivity index (χ1v) is 9.20. The van der Waals surface area contributed by atoms with Gasteiger partial charge in [-0.25, -0.2) is 13.1 Å². The maximum Gasteiger partial charge on any atom is 0.257 e. The van der Waals surface area contributed by atoms with Crippen LogP contribution in [-0.2, 0) is 10.0 Å². The smallest absolute Gasteiger partial charge is 0.257 e. The van der Waals surface area contributed by atoms with Crippen molar-refractivity contribution in [2.45, 2.75) is 11.8 Å². The maximum absolute atomic E-state index is 12.4. The number of benzene rings is 2. The molecule has 2 aromatic carbocycles. The SMILES string of the molecule is CNS(=O)(=O)c1ccc(Cl)c(C(=O)Nc2ccc(Br)cc2C)c1. The van der Waals surface area contributed by atoms with Crippen LogP contribution in [0.5, 0.6) is 0 Å². The van der Waals surface area contributed by atoms with E-state index in [-0.39, 0.29) is 15.5 Å². The molecule has 2 N–H and O–H groups in total. The van der Waals surface area contributed by atoms with Gasteiger partial charge in [-0.2, -0.15) is 0 Å².